The fraction of sp³-hybridized carbons (Fsp3) is 0.154. The maximum atomic E-state index is 14.0. The number of thiazole rings is 1. The van der Waals surface area contributed by atoms with Crippen LogP contribution in [-0.2, 0) is 11.3 Å². The van der Waals surface area contributed by atoms with E-state index in [0.717, 1.165) is 4.88 Å². The summed E-state index contributed by atoms with van der Waals surface area (Å²) in [5.41, 5.74) is 2.47. The molecule has 0 N–H and O–H groups in total. The highest BCUT2D eigenvalue weighted by molar-refractivity contribution is 7.09. The molecule has 0 atom stereocenters. The Hall–Kier alpha value is -2.08. The maximum absolute atomic E-state index is 14.0. The van der Waals surface area contributed by atoms with Crippen molar-refractivity contribution in [1.82, 2.24) is 4.98 Å². The van der Waals surface area contributed by atoms with Gasteiger partial charge in [-0.15, -0.1) is 11.3 Å². The maximum Gasteiger partial charge on any atom is 0.299 e. The lowest BCUT2D eigenvalue weighted by Gasteiger charge is -2.15. The second-order valence-electron chi connectivity index (χ2n) is 4.33. The van der Waals surface area contributed by atoms with Crippen LogP contribution >= 0.6 is 11.3 Å². The number of benzene rings is 1. The fourth-order valence-corrected chi connectivity index (χ4v) is 2.73. The summed E-state index contributed by atoms with van der Waals surface area (Å²) in [5.74, 6) is -1.88. The van der Waals surface area contributed by atoms with Crippen molar-refractivity contribution in [1.29, 1.82) is 0 Å². The predicted octanol–water partition coefficient (Wildman–Crippen LogP) is 2.32. The molecule has 0 aliphatic carbocycles. The Morgan fingerprint density at radius 1 is 1.37 bits per heavy atom. The number of halogens is 1. The van der Waals surface area contributed by atoms with Crippen LogP contribution in [0.5, 0.6) is 0 Å². The molecule has 1 aromatic carbocycles. The third-order valence-corrected chi connectivity index (χ3v) is 3.72. The van der Waals surface area contributed by atoms with E-state index in [1.165, 1.54) is 22.3 Å². The van der Waals surface area contributed by atoms with Crippen LogP contribution in [0.15, 0.2) is 23.8 Å². The van der Waals surface area contributed by atoms with Gasteiger partial charge in [-0.05, 0) is 24.6 Å². The molecule has 19 heavy (non-hydrogen) atoms. The zero-order chi connectivity index (χ0) is 13.6. The van der Waals surface area contributed by atoms with Crippen molar-refractivity contribution < 1.29 is 14.0 Å². The summed E-state index contributed by atoms with van der Waals surface area (Å²) in [6.45, 7) is 1.86. The monoisotopic (exact) mass is 276 g/mol. The molecule has 96 valence electrons. The lowest BCUT2D eigenvalue weighted by atomic mass is 10.1. The average Bonchev–Trinajstić information content (AvgIpc) is 2.93. The summed E-state index contributed by atoms with van der Waals surface area (Å²) in [6.07, 6.45) is 1.60. The van der Waals surface area contributed by atoms with Gasteiger partial charge in [0.1, 0.15) is 5.82 Å². The molecule has 1 aromatic heterocycles. The van der Waals surface area contributed by atoms with E-state index in [4.69, 9.17) is 0 Å². The highest BCUT2D eigenvalue weighted by Crippen LogP contribution is 2.34. The number of amides is 1. The minimum Gasteiger partial charge on any atom is -0.297 e. The number of aromatic nitrogens is 1. The minimum atomic E-state index is -0.687. The molecule has 1 amide bonds. The molecule has 0 saturated heterocycles. The van der Waals surface area contributed by atoms with Gasteiger partial charge in [0.25, 0.3) is 11.7 Å². The van der Waals surface area contributed by atoms with Gasteiger partial charge >= 0.3 is 0 Å². The van der Waals surface area contributed by atoms with E-state index in [1.807, 2.05) is 0 Å². The fourth-order valence-electron chi connectivity index (χ4n) is 2.15. The van der Waals surface area contributed by atoms with Crippen LogP contribution in [0.1, 0.15) is 20.8 Å². The standard InChI is InChI=1S/C13H9FN2O2S/c1-7-2-9-11(10(14)3-7)16(13(18)12(9)17)5-8-4-15-6-19-8/h2-4,6H,5H2,1H3. The van der Waals surface area contributed by atoms with E-state index in [1.54, 1.807) is 24.7 Å². The summed E-state index contributed by atoms with van der Waals surface area (Å²) in [7, 11) is 0. The molecule has 0 spiro atoms. The minimum absolute atomic E-state index is 0.0778. The van der Waals surface area contributed by atoms with Crippen LogP contribution in [0, 0.1) is 12.7 Å². The Balaban J connectivity index is 2.09. The van der Waals surface area contributed by atoms with Crippen molar-refractivity contribution in [2.75, 3.05) is 4.90 Å². The van der Waals surface area contributed by atoms with Crippen LogP contribution < -0.4 is 4.90 Å². The SMILES string of the molecule is Cc1cc(F)c2c(c1)C(=O)C(=O)N2Cc1cncs1. The predicted molar refractivity (Wildman–Crippen MR) is 68.8 cm³/mol. The second kappa shape index (κ2) is 4.24. The first-order valence-electron chi connectivity index (χ1n) is 5.61. The number of aryl methyl sites for hydroxylation is 1. The molecule has 0 saturated carbocycles. The van der Waals surface area contributed by atoms with Gasteiger partial charge in [0.15, 0.2) is 0 Å². The summed E-state index contributed by atoms with van der Waals surface area (Å²) >= 11 is 1.36. The zero-order valence-corrected chi connectivity index (χ0v) is 10.8. The Morgan fingerprint density at radius 3 is 2.84 bits per heavy atom. The number of Topliss-reactive ketones (excluding diaryl/α,β-unsaturated/α-hetero) is 1. The van der Waals surface area contributed by atoms with Crippen molar-refractivity contribution in [2.24, 2.45) is 0 Å². The Labute approximate surface area is 112 Å². The van der Waals surface area contributed by atoms with E-state index >= 15 is 0 Å². The van der Waals surface area contributed by atoms with Gasteiger partial charge in [-0.2, -0.15) is 0 Å². The summed E-state index contributed by atoms with van der Waals surface area (Å²) in [5, 5.41) is 0. The van der Waals surface area contributed by atoms with E-state index in [9.17, 15) is 14.0 Å². The Bertz CT molecular complexity index is 682. The molecular weight excluding hydrogens is 267 g/mol. The molecule has 1 aliphatic rings. The number of nitrogens with zero attached hydrogens (tertiary/aromatic N) is 2. The van der Waals surface area contributed by atoms with Crippen molar-refractivity contribution in [3.8, 4) is 0 Å². The van der Waals surface area contributed by atoms with Crippen LogP contribution in [0.4, 0.5) is 10.1 Å². The van der Waals surface area contributed by atoms with Crippen molar-refractivity contribution in [3.63, 3.8) is 0 Å². The number of carbonyl (C=O) groups excluding carboxylic acids is 2. The Morgan fingerprint density at radius 2 is 2.16 bits per heavy atom. The molecule has 4 nitrogen and oxygen atoms in total. The van der Waals surface area contributed by atoms with Gasteiger partial charge in [0, 0.05) is 11.1 Å². The van der Waals surface area contributed by atoms with Gasteiger partial charge in [-0.3, -0.25) is 19.5 Å². The molecule has 0 radical (unpaired) electrons. The summed E-state index contributed by atoms with van der Waals surface area (Å²) in [4.78, 5) is 29.7. The normalized spacial score (nSPS) is 14.1. The molecule has 2 aromatic rings. The molecule has 1 aliphatic heterocycles. The first kappa shape index (κ1) is 12.0. The van der Waals surface area contributed by atoms with E-state index in [2.05, 4.69) is 4.98 Å². The van der Waals surface area contributed by atoms with Crippen LogP contribution in [0.2, 0.25) is 0 Å². The number of anilines is 1. The third kappa shape index (κ3) is 1.84. The lowest BCUT2D eigenvalue weighted by Crippen LogP contribution is -2.29. The zero-order valence-electron chi connectivity index (χ0n) is 10.0. The van der Waals surface area contributed by atoms with Gasteiger partial charge < -0.3 is 0 Å². The molecule has 3 rings (SSSR count). The van der Waals surface area contributed by atoms with Gasteiger partial charge in [0.2, 0.25) is 0 Å². The van der Waals surface area contributed by atoms with Gasteiger partial charge in [0.05, 0.1) is 23.3 Å². The van der Waals surface area contributed by atoms with E-state index < -0.39 is 17.5 Å². The highest BCUT2D eigenvalue weighted by Gasteiger charge is 2.38. The number of hydrogen-bond donors (Lipinski definition) is 0. The van der Waals surface area contributed by atoms with E-state index in [-0.39, 0.29) is 17.8 Å². The molecule has 6 heteroatoms. The van der Waals surface area contributed by atoms with Crippen LogP contribution in [0.25, 0.3) is 0 Å². The van der Waals surface area contributed by atoms with E-state index in [0.29, 0.717) is 5.56 Å². The second-order valence-corrected chi connectivity index (χ2v) is 5.30. The van der Waals surface area contributed by atoms with Crippen molar-refractivity contribution in [2.45, 2.75) is 13.5 Å². The van der Waals surface area contributed by atoms with Crippen molar-refractivity contribution >= 4 is 28.7 Å². The number of rotatable bonds is 2. The molecule has 0 fully saturated rings. The molecule has 0 unspecified atom stereocenters. The van der Waals surface area contributed by atoms with Crippen molar-refractivity contribution in [3.05, 3.63) is 45.7 Å². The number of fused-ring (bicyclic) bond motifs is 1. The molecule has 0 bridgehead atoms. The van der Waals surface area contributed by atoms with Gasteiger partial charge in [-0.25, -0.2) is 4.39 Å². The van der Waals surface area contributed by atoms with Gasteiger partial charge in [-0.1, -0.05) is 0 Å². The van der Waals surface area contributed by atoms with Crippen LogP contribution in [-0.4, -0.2) is 16.7 Å². The molecule has 2 heterocycles. The molecular formula is C13H9FN2O2S. The third-order valence-electron chi connectivity index (χ3n) is 2.96. The largest absolute Gasteiger partial charge is 0.299 e. The topological polar surface area (TPSA) is 50.3 Å². The first-order valence-corrected chi connectivity index (χ1v) is 6.49. The first-order chi connectivity index (χ1) is 9.08. The lowest BCUT2D eigenvalue weighted by molar-refractivity contribution is -0.114. The smallest absolute Gasteiger partial charge is 0.297 e. The summed E-state index contributed by atoms with van der Waals surface area (Å²) in [6, 6.07) is 2.87. The highest BCUT2D eigenvalue weighted by atomic mass is 32.1. The van der Waals surface area contributed by atoms with Crippen LogP contribution in [0.3, 0.4) is 0 Å². The number of carbonyl (C=O) groups is 2. The summed E-state index contributed by atoms with van der Waals surface area (Å²) < 4.78 is 14.0. The quantitative estimate of drug-likeness (QED) is 0.791. The number of hydrogen-bond acceptors (Lipinski definition) is 4. The number of ketones is 1. The Kier molecular flexibility index (Phi) is 2.67. The average molecular weight is 276 g/mol.